The maximum atomic E-state index is 12.6. The van der Waals surface area contributed by atoms with Gasteiger partial charge in [0.2, 0.25) is 0 Å². The molecule has 2 rings (SSSR count). The van der Waals surface area contributed by atoms with Crippen molar-refractivity contribution in [1.82, 2.24) is 0 Å². The van der Waals surface area contributed by atoms with Crippen LogP contribution in [0.15, 0.2) is 53.4 Å². The normalized spacial score (nSPS) is 11.2. The monoisotopic (exact) mass is 303 g/mol. The van der Waals surface area contributed by atoms with Crippen LogP contribution in [0.25, 0.3) is 0 Å². The van der Waals surface area contributed by atoms with E-state index >= 15 is 0 Å². The lowest BCUT2D eigenvalue weighted by atomic mass is 10.1. The van der Waals surface area contributed by atoms with Crippen LogP contribution in [0, 0.1) is 6.92 Å². The average Bonchev–Trinajstić information content (AvgIpc) is 2.47. The van der Waals surface area contributed by atoms with Gasteiger partial charge >= 0.3 is 0 Å². The summed E-state index contributed by atoms with van der Waals surface area (Å²) >= 11 is 0. The summed E-state index contributed by atoms with van der Waals surface area (Å²) in [5.41, 5.74) is 1.94. The molecule has 0 heterocycles. The summed E-state index contributed by atoms with van der Waals surface area (Å²) in [6, 6.07) is 13.3. The first-order valence-electron chi connectivity index (χ1n) is 6.49. The fourth-order valence-corrected chi connectivity index (χ4v) is 3.12. The van der Waals surface area contributed by atoms with Gasteiger partial charge < -0.3 is 0 Å². The van der Waals surface area contributed by atoms with Crippen LogP contribution in [-0.2, 0) is 10.0 Å². The maximum absolute atomic E-state index is 12.6. The highest BCUT2D eigenvalue weighted by Crippen LogP contribution is 2.23. The number of hydrogen-bond donors (Lipinski definition) is 0. The molecule has 0 aliphatic heterocycles. The molecule has 0 aromatic heterocycles. The molecule has 0 saturated carbocycles. The fourth-order valence-electron chi connectivity index (χ4n) is 1.93. The van der Waals surface area contributed by atoms with Gasteiger partial charge in [0.1, 0.15) is 0 Å². The van der Waals surface area contributed by atoms with Gasteiger partial charge in [-0.1, -0.05) is 29.8 Å². The number of sulfonamides is 1. The third-order valence-corrected chi connectivity index (χ3v) is 5.10. The van der Waals surface area contributed by atoms with Crippen LogP contribution in [0.3, 0.4) is 0 Å². The van der Waals surface area contributed by atoms with Gasteiger partial charge in [0, 0.05) is 12.6 Å². The van der Waals surface area contributed by atoms with E-state index in [4.69, 9.17) is 0 Å². The summed E-state index contributed by atoms with van der Waals surface area (Å²) in [6.45, 7) is 3.35. The molecule has 0 unspecified atom stereocenters. The zero-order valence-corrected chi connectivity index (χ0v) is 13.0. The van der Waals surface area contributed by atoms with E-state index in [0.717, 1.165) is 5.56 Å². The zero-order valence-electron chi connectivity index (χ0n) is 12.2. The fraction of sp³-hybridized carbons (Fsp3) is 0.188. The number of ketones is 1. The molecule has 0 aliphatic rings. The molecule has 0 aliphatic carbocycles. The summed E-state index contributed by atoms with van der Waals surface area (Å²) in [7, 11) is -2.15. The second-order valence-corrected chi connectivity index (χ2v) is 6.86. The largest absolute Gasteiger partial charge is 0.295 e. The lowest BCUT2D eigenvalue weighted by Gasteiger charge is -2.20. The molecular weight excluding hydrogens is 286 g/mol. The van der Waals surface area contributed by atoms with Gasteiger partial charge in [0.15, 0.2) is 5.78 Å². The zero-order chi connectivity index (χ0) is 15.6. The summed E-state index contributed by atoms with van der Waals surface area (Å²) in [4.78, 5) is 11.6. The first-order chi connectivity index (χ1) is 9.82. The molecule has 0 N–H and O–H groups in total. The number of anilines is 1. The molecule has 0 saturated heterocycles. The van der Waals surface area contributed by atoms with Crippen molar-refractivity contribution in [3.05, 3.63) is 59.7 Å². The highest BCUT2D eigenvalue weighted by atomic mass is 32.2. The Balaban J connectivity index is 2.43. The number of Topliss-reactive ketones (excluding diaryl/α,β-unsaturated/α-hetero) is 1. The van der Waals surface area contributed by atoms with E-state index in [1.165, 1.54) is 18.3 Å². The second-order valence-electron chi connectivity index (χ2n) is 4.89. The Morgan fingerprint density at radius 1 is 1.05 bits per heavy atom. The molecule has 2 aromatic carbocycles. The second kappa shape index (κ2) is 5.69. The number of aryl methyl sites for hydroxylation is 1. The Labute approximate surface area is 125 Å². The maximum Gasteiger partial charge on any atom is 0.264 e. The average molecular weight is 303 g/mol. The number of carbonyl (C=O) groups is 1. The molecule has 5 heteroatoms. The molecule has 21 heavy (non-hydrogen) atoms. The van der Waals surface area contributed by atoms with Crippen molar-refractivity contribution in [2.24, 2.45) is 0 Å². The summed E-state index contributed by atoms with van der Waals surface area (Å²) in [5, 5.41) is 0. The Hall–Kier alpha value is -2.14. The quantitative estimate of drug-likeness (QED) is 0.816. The molecule has 2 aromatic rings. The molecular formula is C16H17NO3S. The first kappa shape index (κ1) is 15.3. The predicted molar refractivity (Wildman–Crippen MR) is 83.2 cm³/mol. The van der Waals surface area contributed by atoms with Crippen molar-refractivity contribution in [2.75, 3.05) is 11.4 Å². The van der Waals surface area contributed by atoms with Gasteiger partial charge in [0.05, 0.1) is 10.6 Å². The van der Waals surface area contributed by atoms with E-state index in [0.29, 0.717) is 11.3 Å². The van der Waals surface area contributed by atoms with Gasteiger partial charge in [-0.05, 0) is 38.1 Å². The van der Waals surface area contributed by atoms with Crippen molar-refractivity contribution >= 4 is 21.5 Å². The van der Waals surface area contributed by atoms with Crippen molar-refractivity contribution in [3.8, 4) is 0 Å². The van der Waals surface area contributed by atoms with Crippen LogP contribution in [0.4, 0.5) is 5.69 Å². The van der Waals surface area contributed by atoms with Gasteiger partial charge in [-0.2, -0.15) is 0 Å². The number of rotatable bonds is 4. The number of hydrogen-bond acceptors (Lipinski definition) is 3. The van der Waals surface area contributed by atoms with Crippen molar-refractivity contribution < 1.29 is 13.2 Å². The molecule has 0 atom stereocenters. The minimum absolute atomic E-state index is 0.0991. The summed E-state index contributed by atoms with van der Waals surface area (Å²) in [5.74, 6) is -0.0991. The molecule has 0 amide bonds. The van der Waals surface area contributed by atoms with Crippen LogP contribution < -0.4 is 4.31 Å². The lowest BCUT2D eigenvalue weighted by Crippen LogP contribution is -2.26. The Morgan fingerprint density at radius 3 is 2.24 bits per heavy atom. The van der Waals surface area contributed by atoms with E-state index in [-0.39, 0.29) is 10.7 Å². The van der Waals surface area contributed by atoms with E-state index in [2.05, 4.69) is 0 Å². The summed E-state index contributed by atoms with van der Waals surface area (Å²) < 4.78 is 26.3. The van der Waals surface area contributed by atoms with Crippen LogP contribution in [0.1, 0.15) is 22.8 Å². The minimum Gasteiger partial charge on any atom is -0.295 e. The third-order valence-electron chi connectivity index (χ3n) is 3.30. The SMILES string of the molecule is CC(=O)c1cccc(N(C)S(=O)(=O)c2ccc(C)cc2)c1. The highest BCUT2D eigenvalue weighted by molar-refractivity contribution is 7.92. The van der Waals surface area contributed by atoms with Gasteiger partial charge in [0.25, 0.3) is 10.0 Å². The van der Waals surface area contributed by atoms with Crippen LogP contribution in [-0.4, -0.2) is 21.2 Å². The Kier molecular flexibility index (Phi) is 4.14. The van der Waals surface area contributed by atoms with Crippen molar-refractivity contribution in [2.45, 2.75) is 18.7 Å². The van der Waals surface area contributed by atoms with E-state index in [1.54, 1.807) is 48.5 Å². The molecule has 0 bridgehead atoms. The van der Waals surface area contributed by atoms with E-state index in [9.17, 15) is 13.2 Å². The highest BCUT2D eigenvalue weighted by Gasteiger charge is 2.21. The molecule has 0 spiro atoms. The van der Waals surface area contributed by atoms with Crippen LogP contribution >= 0.6 is 0 Å². The standard InChI is InChI=1S/C16H17NO3S/c1-12-7-9-16(10-8-12)21(19,20)17(3)15-6-4-5-14(11-15)13(2)18/h4-11H,1-3H3. The van der Waals surface area contributed by atoms with Crippen molar-refractivity contribution in [3.63, 3.8) is 0 Å². The summed E-state index contributed by atoms with van der Waals surface area (Å²) in [6.07, 6.45) is 0. The Bertz CT molecular complexity index is 764. The van der Waals surface area contributed by atoms with Crippen LogP contribution in [0.2, 0.25) is 0 Å². The van der Waals surface area contributed by atoms with Crippen molar-refractivity contribution in [1.29, 1.82) is 0 Å². The molecule has 4 nitrogen and oxygen atoms in total. The first-order valence-corrected chi connectivity index (χ1v) is 7.93. The predicted octanol–water partition coefficient (Wildman–Crippen LogP) is 3.02. The van der Waals surface area contributed by atoms with E-state index in [1.807, 2.05) is 6.92 Å². The van der Waals surface area contributed by atoms with Gasteiger partial charge in [-0.15, -0.1) is 0 Å². The minimum atomic E-state index is -3.63. The van der Waals surface area contributed by atoms with Gasteiger partial charge in [-0.3, -0.25) is 9.10 Å². The smallest absolute Gasteiger partial charge is 0.264 e. The number of carbonyl (C=O) groups excluding carboxylic acids is 1. The molecule has 110 valence electrons. The lowest BCUT2D eigenvalue weighted by molar-refractivity contribution is 0.101. The number of nitrogens with zero attached hydrogens (tertiary/aromatic N) is 1. The Morgan fingerprint density at radius 2 is 1.67 bits per heavy atom. The topological polar surface area (TPSA) is 54.5 Å². The molecule has 0 fully saturated rings. The van der Waals surface area contributed by atoms with Crippen LogP contribution in [0.5, 0.6) is 0 Å². The van der Waals surface area contributed by atoms with Gasteiger partial charge in [-0.25, -0.2) is 8.42 Å². The third kappa shape index (κ3) is 3.13. The molecule has 0 radical (unpaired) electrons. The number of benzene rings is 2. The van der Waals surface area contributed by atoms with E-state index < -0.39 is 10.0 Å².